The third-order valence-electron chi connectivity index (χ3n) is 5.38. The monoisotopic (exact) mass is 367 g/mol. The molecule has 2 aliphatic rings. The molecule has 2 saturated heterocycles. The molecule has 0 radical (unpaired) electrons. The first kappa shape index (κ1) is 17.7. The Morgan fingerprint density at radius 3 is 2.59 bits per heavy atom. The molecular formula is C20H25N5O2. The van der Waals surface area contributed by atoms with Gasteiger partial charge in [-0.25, -0.2) is 4.98 Å². The van der Waals surface area contributed by atoms with Gasteiger partial charge in [-0.2, -0.15) is 0 Å². The van der Waals surface area contributed by atoms with Crippen molar-refractivity contribution in [1.29, 1.82) is 0 Å². The molecule has 27 heavy (non-hydrogen) atoms. The highest BCUT2D eigenvalue weighted by Gasteiger charge is 2.32. The van der Waals surface area contributed by atoms with E-state index >= 15 is 0 Å². The Morgan fingerprint density at radius 2 is 1.89 bits per heavy atom. The molecule has 1 N–H and O–H groups in total. The van der Waals surface area contributed by atoms with Crippen molar-refractivity contribution in [2.75, 3.05) is 32.7 Å². The average molecular weight is 367 g/mol. The number of hydrogen-bond acceptors (Lipinski definition) is 4. The molecule has 0 spiro atoms. The van der Waals surface area contributed by atoms with Crippen LogP contribution in [0.2, 0.25) is 0 Å². The maximum Gasteiger partial charge on any atom is 0.245 e. The fourth-order valence-electron chi connectivity index (χ4n) is 3.80. The van der Waals surface area contributed by atoms with E-state index in [0.717, 1.165) is 50.7 Å². The zero-order valence-electron chi connectivity index (χ0n) is 15.4. The maximum absolute atomic E-state index is 12.5. The molecule has 142 valence electrons. The summed E-state index contributed by atoms with van der Waals surface area (Å²) in [5, 5.41) is 2.77. The molecule has 0 aliphatic carbocycles. The lowest BCUT2D eigenvalue weighted by molar-refractivity contribution is -0.136. The second-order valence-corrected chi connectivity index (χ2v) is 7.14. The van der Waals surface area contributed by atoms with Gasteiger partial charge in [0.15, 0.2) is 0 Å². The van der Waals surface area contributed by atoms with Gasteiger partial charge >= 0.3 is 0 Å². The van der Waals surface area contributed by atoms with Crippen LogP contribution in [0.25, 0.3) is 11.4 Å². The second-order valence-electron chi connectivity index (χ2n) is 7.14. The van der Waals surface area contributed by atoms with Gasteiger partial charge in [0.2, 0.25) is 11.8 Å². The number of piperazine rings is 1. The van der Waals surface area contributed by atoms with Crippen LogP contribution in [0.15, 0.2) is 42.7 Å². The third kappa shape index (κ3) is 4.03. The lowest BCUT2D eigenvalue weighted by Crippen LogP contribution is -2.53. The molecule has 2 amide bonds. The van der Waals surface area contributed by atoms with Gasteiger partial charge in [0.1, 0.15) is 11.9 Å². The quantitative estimate of drug-likeness (QED) is 0.855. The lowest BCUT2D eigenvalue weighted by atomic mass is 10.2. The largest absolute Gasteiger partial charge is 0.344 e. The van der Waals surface area contributed by atoms with Crippen LogP contribution in [-0.2, 0) is 16.1 Å². The number of aromatic nitrogens is 2. The number of carbonyl (C=O) groups is 2. The van der Waals surface area contributed by atoms with Crippen LogP contribution in [0, 0.1) is 0 Å². The summed E-state index contributed by atoms with van der Waals surface area (Å²) in [5.41, 5.74) is 1.12. The maximum atomic E-state index is 12.5. The van der Waals surface area contributed by atoms with Crippen molar-refractivity contribution in [3.63, 3.8) is 0 Å². The average Bonchev–Trinajstić information content (AvgIpc) is 3.36. The number of rotatable bonds is 5. The molecule has 0 bridgehead atoms. The van der Waals surface area contributed by atoms with Crippen LogP contribution in [0.1, 0.15) is 12.8 Å². The number of carbonyl (C=O) groups excluding carboxylic acids is 2. The Hall–Kier alpha value is -2.67. The van der Waals surface area contributed by atoms with E-state index in [-0.39, 0.29) is 17.9 Å². The van der Waals surface area contributed by atoms with Gasteiger partial charge in [0, 0.05) is 63.6 Å². The highest BCUT2D eigenvalue weighted by atomic mass is 16.2. The molecule has 7 nitrogen and oxygen atoms in total. The van der Waals surface area contributed by atoms with Gasteiger partial charge in [-0.3, -0.25) is 14.5 Å². The van der Waals surface area contributed by atoms with Crippen molar-refractivity contribution in [2.24, 2.45) is 0 Å². The topological polar surface area (TPSA) is 70.5 Å². The molecule has 1 unspecified atom stereocenters. The molecule has 1 atom stereocenters. The summed E-state index contributed by atoms with van der Waals surface area (Å²) in [6.45, 7) is 4.97. The third-order valence-corrected chi connectivity index (χ3v) is 5.38. The van der Waals surface area contributed by atoms with E-state index in [0.29, 0.717) is 12.8 Å². The number of imidazole rings is 1. The zero-order valence-corrected chi connectivity index (χ0v) is 15.4. The van der Waals surface area contributed by atoms with Gasteiger partial charge < -0.3 is 14.8 Å². The van der Waals surface area contributed by atoms with Crippen molar-refractivity contribution < 1.29 is 9.59 Å². The minimum atomic E-state index is -0.316. The summed E-state index contributed by atoms with van der Waals surface area (Å²) < 4.78 is 2.18. The highest BCUT2D eigenvalue weighted by Crippen LogP contribution is 2.17. The Kier molecular flexibility index (Phi) is 5.20. The van der Waals surface area contributed by atoms with Crippen molar-refractivity contribution in [1.82, 2.24) is 24.7 Å². The summed E-state index contributed by atoms with van der Waals surface area (Å²) >= 11 is 0. The predicted molar refractivity (Wildman–Crippen MR) is 102 cm³/mol. The van der Waals surface area contributed by atoms with Crippen molar-refractivity contribution in [3.8, 4) is 11.4 Å². The van der Waals surface area contributed by atoms with Gasteiger partial charge in [-0.05, 0) is 6.42 Å². The fraction of sp³-hybridized carbons (Fsp3) is 0.450. The smallest absolute Gasteiger partial charge is 0.245 e. The van der Waals surface area contributed by atoms with Crippen LogP contribution >= 0.6 is 0 Å². The molecule has 2 fully saturated rings. The van der Waals surface area contributed by atoms with E-state index in [1.54, 1.807) is 0 Å². The summed E-state index contributed by atoms with van der Waals surface area (Å²) in [5.74, 6) is 1.05. The minimum Gasteiger partial charge on any atom is -0.344 e. The SMILES string of the molecule is O=C1CCC(C(=O)N2CCN(CCn3ccnc3-c3ccccc3)CC2)N1. The zero-order chi connectivity index (χ0) is 18.6. The minimum absolute atomic E-state index is 0.0125. The second kappa shape index (κ2) is 7.92. The Labute approximate surface area is 159 Å². The first-order valence-corrected chi connectivity index (χ1v) is 9.58. The fourth-order valence-corrected chi connectivity index (χ4v) is 3.80. The van der Waals surface area contributed by atoms with Gasteiger partial charge in [0.25, 0.3) is 0 Å². The number of amides is 2. The van der Waals surface area contributed by atoms with Gasteiger partial charge in [-0.1, -0.05) is 30.3 Å². The number of nitrogens with zero attached hydrogens (tertiary/aromatic N) is 4. The molecule has 1 aromatic carbocycles. The molecule has 7 heteroatoms. The molecule has 4 rings (SSSR count). The van der Waals surface area contributed by atoms with E-state index in [4.69, 9.17) is 0 Å². The Morgan fingerprint density at radius 1 is 1.11 bits per heavy atom. The van der Waals surface area contributed by atoms with Crippen LogP contribution in [-0.4, -0.2) is 69.9 Å². The Bertz CT molecular complexity index is 796. The summed E-state index contributed by atoms with van der Waals surface area (Å²) in [6.07, 6.45) is 4.95. The van der Waals surface area contributed by atoms with E-state index in [1.807, 2.05) is 35.5 Å². The van der Waals surface area contributed by atoms with Gasteiger partial charge in [-0.15, -0.1) is 0 Å². The van der Waals surface area contributed by atoms with Crippen molar-refractivity contribution in [3.05, 3.63) is 42.7 Å². The molecule has 2 aromatic rings. The van der Waals surface area contributed by atoms with Crippen LogP contribution in [0.5, 0.6) is 0 Å². The molecular weight excluding hydrogens is 342 g/mol. The number of benzene rings is 1. The van der Waals surface area contributed by atoms with Crippen LogP contribution in [0.4, 0.5) is 0 Å². The summed E-state index contributed by atoms with van der Waals surface area (Å²) in [6, 6.07) is 9.89. The van der Waals surface area contributed by atoms with Crippen molar-refractivity contribution in [2.45, 2.75) is 25.4 Å². The molecule has 3 heterocycles. The summed E-state index contributed by atoms with van der Waals surface area (Å²) in [7, 11) is 0. The van der Waals surface area contributed by atoms with E-state index < -0.39 is 0 Å². The van der Waals surface area contributed by atoms with E-state index in [9.17, 15) is 9.59 Å². The predicted octanol–water partition coefficient (Wildman–Crippen LogP) is 0.973. The lowest BCUT2D eigenvalue weighted by Gasteiger charge is -2.36. The normalized spacial score (nSPS) is 20.7. The number of nitrogens with one attached hydrogen (secondary N) is 1. The first-order valence-electron chi connectivity index (χ1n) is 9.58. The van der Waals surface area contributed by atoms with E-state index in [2.05, 4.69) is 31.9 Å². The standard InChI is InChI=1S/C20H25N5O2/c26-18-7-6-17(22-18)20(27)25-14-11-23(12-15-25)10-13-24-9-8-21-19(24)16-4-2-1-3-5-16/h1-5,8-9,17H,6-7,10-15H2,(H,22,26). The first-order chi connectivity index (χ1) is 13.2. The van der Waals surface area contributed by atoms with Crippen molar-refractivity contribution >= 4 is 11.8 Å². The van der Waals surface area contributed by atoms with Crippen LogP contribution in [0.3, 0.4) is 0 Å². The summed E-state index contributed by atoms with van der Waals surface area (Å²) in [4.78, 5) is 32.6. The molecule has 1 aromatic heterocycles. The molecule has 2 aliphatic heterocycles. The van der Waals surface area contributed by atoms with E-state index in [1.165, 1.54) is 0 Å². The number of hydrogen-bond donors (Lipinski definition) is 1. The highest BCUT2D eigenvalue weighted by molar-refractivity contribution is 5.90. The van der Waals surface area contributed by atoms with Crippen LogP contribution < -0.4 is 5.32 Å². The van der Waals surface area contributed by atoms with Gasteiger partial charge in [0.05, 0.1) is 0 Å². The molecule has 0 saturated carbocycles. The Balaban J connectivity index is 1.28.